The Morgan fingerprint density at radius 1 is 1.00 bits per heavy atom. The molecule has 0 aliphatic heterocycles. The summed E-state index contributed by atoms with van der Waals surface area (Å²) in [5.41, 5.74) is 2.98. The maximum atomic E-state index is 9.02. The van der Waals surface area contributed by atoms with Gasteiger partial charge in [-0.25, -0.2) is 0 Å². The number of nitrogens with zero attached hydrogens (tertiary/aromatic N) is 3. The van der Waals surface area contributed by atoms with Crippen LogP contribution in [0.25, 0.3) is 0 Å². The molecule has 1 rings (SSSR count). The molecular formula is C14H23N3O2. The van der Waals surface area contributed by atoms with Crippen molar-refractivity contribution in [1.29, 1.82) is 0 Å². The van der Waals surface area contributed by atoms with Gasteiger partial charge in [0.25, 0.3) is 0 Å². The van der Waals surface area contributed by atoms with Crippen LogP contribution < -0.4 is 9.91 Å². The molecule has 0 radical (unpaired) electrons. The standard InChI is InChI=1S/C14H23N3O2/c1-12(2)15-16(3)13-4-6-14(7-5-13)17(8-10-18)9-11-19/h4-7,18-19H,8-11H2,1-3H3. The average molecular weight is 265 g/mol. The van der Waals surface area contributed by atoms with Gasteiger partial charge in [0.15, 0.2) is 0 Å². The van der Waals surface area contributed by atoms with Crippen LogP contribution in [0.5, 0.6) is 0 Å². The monoisotopic (exact) mass is 265 g/mol. The largest absolute Gasteiger partial charge is 0.395 e. The van der Waals surface area contributed by atoms with Gasteiger partial charge in [-0.1, -0.05) is 0 Å². The van der Waals surface area contributed by atoms with Crippen molar-refractivity contribution in [3.05, 3.63) is 24.3 Å². The molecule has 5 nitrogen and oxygen atoms in total. The Hall–Kier alpha value is -1.59. The van der Waals surface area contributed by atoms with Crippen molar-refractivity contribution in [3.63, 3.8) is 0 Å². The molecule has 0 bridgehead atoms. The molecule has 0 fully saturated rings. The van der Waals surface area contributed by atoms with E-state index in [4.69, 9.17) is 10.2 Å². The van der Waals surface area contributed by atoms with Crippen molar-refractivity contribution in [2.24, 2.45) is 5.10 Å². The zero-order chi connectivity index (χ0) is 14.3. The zero-order valence-corrected chi connectivity index (χ0v) is 11.9. The lowest BCUT2D eigenvalue weighted by atomic mass is 10.2. The maximum Gasteiger partial charge on any atom is 0.0606 e. The number of anilines is 2. The fourth-order valence-corrected chi connectivity index (χ4v) is 1.85. The van der Waals surface area contributed by atoms with E-state index in [1.54, 1.807) is 0 Å². The highest BCUT2D eigenvalue weighted by Crippen LogP contribution is 2.20. The lowest BCUT2D eigenvalue weighted by Crippen LogP contribution is -2.29. The molecule has 0 saturated heterocycles. The number of aliphatic hydroxyl groups is 2. The minimum absolute atomic E-state index is 0.0704. The van der Waals surface area contributed by atoms with Crippen molar-refractivity contribution in [2.45, 2.75) is 13.8 Å². The van der Waals surface area contributed by atoms with Crippen LogP contribution in [0.1, 0.15) is 13.8 Å². The number of hydrogen-bond acceptors (Lipinski definition) is 5. The third-order valence-corrected chi connectivity index (χ3v) is 2.68. The normalized spacial score (nSPS) is 10.2. The molecule has 106 valence electrons. The number of rotatable bonds is 7. The van der Waals surface area contributed by atoms with Gasteiger partial charge in [-0.05, 0) is 38.1 Å². The molecule has 1 aromatic rings. The molecule has 2 N–H and O–H groups in total. The van der Waals surface area contributed by atoms with Crippen molar-refractivity contribution in [1.82, 2.24) is 0 Å². The van der Waals surface area contributed by atoms with Gasteiger partial charge in [0.2, 0.25) is 0 Å². The van der Waals surface area contributed by atoms with Gasteiger partial charge in [0.05, 0.1) is 18.9 Å². The molecule has 0 amide bonds. The van der Waals surface area contributed by atoms with Gasteiger partial charge in [0.1, 0.15) is 0 Å². The first-order chi connectivity index (χ1) is 9.08. The van der Waals surface area contributed by atoms with E-state index in [1.807, 2.05) is 55.1 Å². The molecule has 0 aliphatic rings. The predicted octanol–water partition coefficient (Wildman–Crippen LogP) is 1.31. The molecule has 0 aromatic heterocycles. The molecule has 0 unspecified atom stereocenters. The number of aliphatic hydroxyl groups excluding tert-OH is 2. The van der Waals surface area contributed by atoms with Crippen molar-refractivity contribution in [2.75, 3.05) is 43.3 Å². The minimum atomic E-state index is 0.0704. The summed E-state index contributed by atoms with van der Waals surface area (Å²) in [5, 5.41) is 24.2. The number of benzene rings is 1. The van der Waals surface area contributed by atoms with E-state index in [2.05, 4.69) is 5.10 Å². The fourth-order valence-electron chi connectivity index (χ4n) is 1.85. The third kappa shape index (κ3) is 4.89. The first kappa shape index (κ1) is 15.5. The Balaban J connectivity index is 2.82. The second-order valence-corrected chi connectivity index (χ2v) is 4.52. The number of hydrogen-bond donors (Lipinski definition) is 2. The summed E-state index contributed by atoms with van der Waals surface area (Å²) in [6, 6.07) is 7.89. The highest BCUT2D eigenvalue weighted by molar-refractivity contribution is 5.80. The van der Waals surface area contributed by atoms with Gasteiger partial charge < -0.3 is 15.1 Å². The summed E-state index contributed by atoms with van der Waals surface area (Å²) >= 11 is 0. The highest BCUT2D eigenvalue weighted by Gasteiger charge is 2.06. The topological polar surface area (TPSA) is 59.3 Å². The van der Waals surface area contributed by atoms with Gasteiger partial charge in [0, 0.05) is 31.5 Å². The highest BCUT2D eigenvalue weighted by atomic mass is 16.3. The maximum absolute atomic E-state index is 9.02. The Morgan fingerprint density at radius 2 is 1.47 bits per heavy atom. The lowest BCUT2D eigenvalue weighted by molar-refractivity contribution is 0.281. The predicted molar refractivity (Wildman–Crippen MR) is 80.0 cm³/mol. The van der Waals surface area contributed by atoms with Crippen LogP contribution in [0.15, 0.2) is 29.4 Å². The summed E-state index contributed by atoms with van der Waals surface area (Å²) in [5.74, 6) is 0. The van der Waals surface area contributed by atoms with E-state index in [-0.39, 0.29) is 13.2 Å². The Kier molecular flexibility index (Phi) is 6.32. The SMILES string of the molecule is CC(C)=NN(C)c1ccc(N(CCO)CCO)cc1. The van der Waals surface area contributed by atoms with E-state index < -0.39 is 0 Å². The van der Waals surface area contributed by atoms with E-state index in [9.17, 15) is 0 Å². The second-order valence-electron chi connectivity index (χ2n) is 4.52. The van der Waals surface area contributed by atoms with E-state index in [1.165, 1.54) is 0 Å². The van der Waals surface area contributed by atoms with Crippen LogP contribution >= 0.6 is 0 Å². The molecule has 1 aromatic carbocycles. The van der Waals surface area contributed by atoms with E-state index in [0.717, 1.165) is 17.1 Å². The number of hydrazone groups is 1. The molecule has 0 aliphatic carbocycles. The molecule has 0 heterocycles. The van der Waals surface area contributed by atoms with Crippen LogP contribution in [0.3, 0.4) is 0 Å². The first-order valence-electron chi connectivity index (χ1n) is 6.40. The van der Waals surface area contributed by atoms with Crippen LogP contribution in [-0.2, 0) is 0 Å². The van der Waals surface area contributed by atoms with E-state index in [0.29, 0.717) is 13.1 Å². The molecule has 19 heavy (non-hydrogen) atoms. The van der Waals surface area contributed by atoms with Crippen molar-refractivity contribution < 1.29 is 10.2 Å². The summed E-state index contributed by atoms with van der Waals surface area (Å²) in [6.45, 7) is 5.08. The van der Waals surface area contributed by atoms with Crippen LogP contribution in [0.2, 0.25) is 0 Å². The first-order valence-corrected chi connectivity index (χ1v) is 6.40. The molecule has 0 atom stereocenters. The van der Waals surface area contributed by atoms with E-state index >= 15 is 0 Å². The summed E-state index contributed by atoms with van der Waals surface area (Å²) in [4.78, 5) is 1.94. The Morgan fingerprint density at radius 3 is 1.89 bits per heavy atom. The Bertz CT molecular complexity index is 394. The smallest absolute Gasteiger partial charge is 0.0606 e. The second kappa shape index (κ2) is 7.76. The molecular weight excluding hydrogens is 242 g/mol. The summed E-state index contributed by atoms with van der Waals surface area (Å²) in [7, 11) is 1.90. The molecule has 0 saturated carbocycles. The zero-order valence-electron chi connectivity index (χ0n) is 11.9. The van der Waals surface area contributed by atoms with Crippen LogP contribution in [0.4, 0.5) is 11.4 Å². The van der Waals surface area contributed by atoms with Gasteiger partial charge in [-0.3, -0.25) is 5.01 Å². The van der Waals surface area contributed by atoms with Crippen molar-refractivity contribution in [3.8, 4) is 0 Å². The Labute approximate surface area is 114 Å². The third-order valence-electron chi connectivity index (χ3n) is 2.68. The molecule has 0 spiro atoms. The van der Waals surface area contributed by atoms with Crippen LogP contribution in [-0.4, -0.2) is 49.3 Å². The average Bonchev–Trinajstić information content (AvgIpc) is 2.38. The quantitative estimate of drug-likeness (QED) is 0.576. The molecule has 5 heteroatoms. The van der Waals surface area contributed by atoms with Gasteiger partial charge in [-0.15, -0.1) is 0 Å². The fraction of sp³-hybridized carbons (Fsp3) is 0.500. The lowest BCUT2D eigenvalue weighted by Gasteiger charge is -2.23. The minimum Gasteiger partial charge on any atom is -0.395 e. The van der Waals surface area contributed by atoms with Gasteiger partial charge >= 0.3 is 0 Å². The van der Waals surface area contributed by atoms with Gasteiger partial charge in [-0.2, -0.15) is 5.10 Å². The summed E-state index contributed by atoms with van der Waals surface area (Å²) < 4.78 is 0. The van der Waals surface area contributed by atoms with Crippen molar-refractivity contribution >= 4 is 17.1 Å². The van der Waals surface area contributed by atoms with Crippen LogP contribution in [0, 0.1) is 0 Å². The summed E-state index contributed by atoms with van der Waals surface area (Å²) in [6.07, 6.45) is 0.